The van der Waals surface area contributed by atoms with Crippen LogP contribution in [0.4, 0.5) is 5.69 Å². The number of rotatable bonds is 7. The van der Waals surface area contributed by atoms with Gasteiger partial charge in [-0.2, -0.15) is 0 Å². The van der Waals surface area contributed by atoms with E-state index in [0.29, 0.717) is 19.8 Å². The summed E-state index contributed by atoms with van der Waals surface area (Å²) >= 11 is 0. The average molecular weight is 243 g/mol. The SMILES string of the molecule is CCOC(CNc1c[nH]c(=O)[nH]c1=O)OCC. The lowest BCUT2D eigenvalue weighted by molar-refractivity contribution is -0.126. The van der Waals surface area contributed by atoms with Crippen LogP contribution in [0.3, 0.4) is 0 Å². The van der Waals surface area contributed by atoms with Gasteiger partial charge in [0.1, 0.15) is 5.69 Å². The zero-order chi connectivity index (χ0) is 12.7. The van der Waals surface area contributed by atoms with Gasteiger partial charge in [0.2, 0.25) is 0 Å². The molecule has 0 amide bonds. The van der Waals surface area contributed by atoms with Crippen LogP contribution >= 0.6 is 0 Å². The minimum atomic E-state index is -0.535. The second-order valence-corrected chi connectivity index (χ2v) is 3.21. The van der Waals surface area contributed by atoms with Crippen molar-refractivity contribution < 1.29 is 9.47 Å². The van der Waals surface area contributed by atoms with E-state index in [0.717, 1.165) is 0 Å². The summed E-state index contributed by atoms with van der Waals surface area (Å²) in [6, 6.07) is 0. The molecule has 3 N–H and O–H groups in total. The van der Waals surface area contributed by atoms with Crippen LogP contribution < -0.4 is 16.6 Å². The van der Waals surface area contributed by atoms with Gasteiger partial charge in [0, 0.05) is 19.4 Å². The molecular weight excluding hydrogens is 226 g/mol. The minimum Gasteiger partial charge on any atom is -0.374 e. The van der Waals surface area contributed by atoms with Crippen molar-refractivity contribution >= 4 is 5.69 Å². The zero-order valence-electron chi connectivity index (χ0n) is 9.91. The van der Waals surface area contributed by atoms with Crippen molar-refractivity contribution in [2.45, 2.75) is 20.1 Å². The Balaban J connectivity index is 2.58. The molecule has 0 unspecified atom stereocenters. The van der Waals surface area contributed by atoms with Gasteiger partial charge >= 0.3 is 5.69 Å². The zero-order valence-corrected chi connectivity index (χ0v) is 9.91. The Hall–Kier alpha value is -1.60. The average Bonchev–Trinajstić information content (AvgIpc) is 2.28. The van der Waals surface area contributed by atoms with Gasteiger partial charge < -0.3 is 19.8 Å². The standard InChI is InChI=1S/C10H17N3O4/c1-3-16-8(17-4-2)6-11-7-5-12-10(15)13-9(7)14/h5,8,11H,3-4,6H2,1-2H3,(H2,12,13,14,15). The van der Waals surface area contributed by atoms with E-state index in [4.69, 9.17) is 9.47 Å². The van der Waals surface area contributed by atoms with Gasteiger partial charge in [0.15, 0.2) is 6.29 Å². The van der Waals surface area contributed by atoms with E-state index >= 15 is 0 Å². The summed E-state index contributed by atoms with van der Waals surface area (Å²) in [6.45, 7) is 5.09. The van der Waals surface area contributed by atoms with Crippen molar-refractivity contribution in [1.29, 1.82) is 0 Å². The lowest BCUT2D eigenvalue weighted by Crippen LogP contribution is -2.30. The highest BCUT2D eigenvalue weighted by molar-refractivity contribution is 5.37. The highest BCUT2D eigenvalue weighted by Crippen LogP contribution is 1.98. The fourth-order valence-corrected chi connectivity index (χ4v) is 1.27. The molecule has 96 valence electrons. The summed E-state index contributed by atoms with van der Waals surface area (Å²) in [6.07, 6.45) is 0.896. The van der Waals surface area contributed by atoms with Gasteiger partial charge in [0.05, 0.1) is 6.54 Å². The quantitative estimate of drug-likeness (QED) is 0.580. The van der Waals surface area contributed by atoms with Crippen LogP contribution in [0, 0.1) is 0 Å². The van der Waals surface area contributed by atoms with Crippen molar-refractivity contribution in [3.63, 3.8) is 0 Å². The van der Waals surface area contributed by atoms with Gasteiger partial charge in [-0.1, -0.05) is 0 Å². The number of H-pyrrole nitrogens is 2. The molecule has 0 saturated heterocycles. The van der Waals surface area contributed by atoms with E-state index in [-0.39, 0.29) is 5.69 Å². The topological polar surface area (TPSA) is 96.2 Å². The molecule has 0 spiro atoms. The summed E-state index contributed by atoms with van der Waals surface area (Å²) in [7, 11) is 0. The van der Waals surface area contributed by atoms with Crippen molar-refractivity contribution in [1.82, 2.24) is 9.97 Å². The molecule has 1 aromatic heterocycles. The summed E-state index contributed by atoms with van der Waals surface area (Å²) in [5.41, 5.74) is -0.735. The molecule has 0 aliphatic heterocycles. The predicted octanol–water partition coefficient (Wildman–Crippen LogP) is -0.126. The number of anilines is 1. The Bertz CT molecular complexity index is 434. The predicted molar refractivity (Wildman–Crippen MR) is 63.2 cm³/mol. The van der Waals surface area contributed by atoms with Gasteiger partial charge in [0.25, 0.3) is 5.56 Å². The van der Waals surface area contributed by atoms with Crippen LogP contribution in [0.1, 0.15) is 13.8 Å². The molecule has 1 aromatic rings. The maximum atomic E-state index is 11.3. The maximum Gasteiger partial charge on any atom is 0.325 e. The number of hydrogen-bond donors (Lipinski definition) is 3. The van der Waals surface area contributed by atoms with Crippen molar-refractivity contribution in [2.75, 3.05) is 25.1 Å². The Labute approximate surface area is 98.2 Å². The monoisotopic (exact) mass is 243 g/mol. The first-order valence-electron chi connectivity index (χ1n) is 5.46. The molecule has 1 heterocycles. The first-order valence-corrected chi connectivity index (χ1v) is 5.46. The van der Waals surface area contributed by atoms with E-state index in [1.165, 1.54) is 6.20 Å². The fourth-order valence-electron chi connectivity index (χ4n) is 1.27. The third-order valence-electron chi connectivity index (χ3n) is 1.98. The second kappa shape index (κ2) is 6.87. The van der Waals surface area contributed by atoms with E-state index < -0.39 is 17.5 Å². The molecule has 0 aliphatic rings. The Kier molecular flexibility index (Phi) is 5.44. The molecule has 17 heavy (non-hydrogen) atoms. The molecular formula is C10H17N3O4. The summed E-state index contributed by atoms with van der Waals surface area (Å²) in [5, 5.41) is 2.85. The highest BCUT2D eigenvalue weighted by atomic mass is 16.7. The van der Waals surface area contributed by atoms with Crippen molar-refractivity contribution in [2.24, 2.45) is 0 Å². The molecule has 7 nitrogen and oxygen atoms in total. The van der Waals surface area contributed by atoms with Crippen LogP contribution in [0.15, 0.2) is 15.8 Å². The number of aromatic nitrogens is 2. The molecule has 0 saturated carbocycles. The van der Waals surface area contributed by atoms with Crippen molar-refractivity contribution in [3.05, 3.63) is 27.0 Å². The third kappa shape index (κ3) is 4.41. The van der Waals surface area contributed by atoms with Crippen LogP contribution in [0.5, 0.6) is 0 Å². The lowest BCUT2D eigenvalue weighted by Gasteiger charge is -2.17. The molecule has 0 fully saturated rings. The highest BCUT2D eigenvalue weighted by Gasteiger charge is 2.08. The van der Waals surface area contributed by atoms with E-state index in [1.54, 1.807) is 0 Å². The van der Waals surface area contributed by atoms with Gasteiger partial charge in [-0.05, 0) is 13.8 Å². The van der Waals surface area contributed by atoms with Crippen LogP contribution in [-0.2, 0) is 9.47 Å². The second-order valence-electron chi connectivity index (χ2n) is 3.21. The number of ether oxygens (including phenoxy) is 2. The smallest absolute Gasteiger partial charge is 0.325 e. The Morgan fingerprint density at radius 3 is 2.47 bits per heavy atom. The van der Waals surface area contributed by atoms with Gasteiger partial charge in [-0.25, -0.2) is 4.79 Å². The molecule has 7 heteroatoms. The number of aromatic amines is 2. The fraction of sp³-hybridized carbons (Fsp3) is 0.600. The maximum absolute atomic E-state index is 11.3. The summed E-state index contributed by atoms with van der Waals surface area (Å²) in [4.78, 5) is 26.6. The molecule has 0 bridgehead atoms. The molecule has 0 radical (unpaired) electrons. The minimum absolute atomic E-state index is 0.272. The number of hydrogen-bond acceptors (Lipinski definition) is 5. The number of nitrogens with one attached hydrogen (secondary N) is 3. The molecule has 0 atom stereocenters. The molecule has 0 aromatic carbocycles. The summed E-state index contributed by atoms with van der Waals surface area (Å²) < 4.78 is 10.6. The van der Waals surface area contributed by atoms with E-state index in [1.807, 2.05) is 13.8 Å². The van der Waals surface area contributed by atoms with Crippen LogP contribution in [0.25, 0.3) is 0 Å². The third-order valence-corrected chi connectivity index (χ3v) is 1.98. The lowest BCUT2D eigenvalue weighted by atomic mass is 10.5. The van der Waals surface area contributed by atoms with E-state index in [9.17, 15) is 9.59 Å². The first kappa shape index (κ1) is 13.5. The first-order chi connectivity index (χ1) is 8.17. The van der Waals surface area contributed by atoms with Gasteiger partial charge in [-0.15, -0.1) is 0 Å². The largest absolute Gasteiger partial charge is 0.374 e. The Morgan fingerprint density at radius 2 is 1.94 bits per heavy atom. The van der Waals surface area contributed by atoms with Crippen molar-refractivity contribution in [3.8, 4) is 0 Å². The van der Waals surface area contributed by atoms with Gasteiger partial charge in [-0.3, -0.25) is 9.78 Å². The normalized spacial score (nSPS) is 10.8. The molecule has 1 rings (SSSR count). The van der Waals surface area contributed by atoms with E-state index in [2.05, 4.69) is 15.3 Å². The molecule has 0 aliphatic carbocycles. The van der Waals surface area contributed by atoms with Crippen LogP contribution in [-0.4, -0.2) is 36.0 Å². The summed E-state index contributed by atoms with van der Waals surface area (Å²) in [5.74, 6) is 0. The Morgan fingerprint density at radius 1 is 1.29 bits per heavy atom. The van der Waals surface area contributed by atoms with Crippen LogP contribution in [0.2, 0.25) is 0 Å².